The van der Waals surface area contributed by atoms with Gasteiger partial charge in [0, 0.05) is 59.5 Å². The number of pyridine rings is 1. The molecule has 166 valence electrons. The molecule has 7 nitrogen and oxygen atoms in total. The lowest BCUT2D eigenvalue weighted by molar-refractivity contribution is 0.0952. The Morgan fingerprint density at radius 3 is 2.64 bits per heavy atom. The Hall–Kier alpha value is -4.00. The van der Waals surface area contributed by atoms with Gasteiger partial charge in [-0.3, -0.25) is 4.79 Å². The second kappa shape index (κ2) is 8.86. The van der Waals surface area contributed by atoms with Gasteiger partial charge >= 0.3 is 0 Å². The number of carbonyl (C=O) groups excluding carboxylic acids is 1. The van der Waals surface area contributed by atoms with Crippen LogP contribution in [0.15, 0.2) is 55.1 Å². The van der Waals surface area contributed by atoms with Crippen LogP contribution in [0.25, 0.3) is 22.2 Å². The number of aryl methyl sites for hydroxylation is 1. The minimum Gasteiger partial charge on any atom is -0.398 e. The molecule has 0 radical (unpaired) electrons. The van der Waals surface area contributed by atoms with Crippen LogP contribution in [0.4, 0.5) is 5.69 Å². The van der Waals surface area contributed by atoms with Gasteiger partial charge in [0.2, 0.25) is 0 Å². The zero-order valence-corrected chi connectivity index (χ0v) is 18.3. The molecule has 0 bridgehead atoms. The first-order valence-electron chi connectivity index (χ1n) is 11.2. The largest absolute Gasteiger partial charge is 0.398 e. The Labute approximate surface area is 192 Å². The van der Waals surface area contributed by atoms with Crippen molar-refractivity contribution in [3.05, 3.63) is 77.4 Å². The quantitative estimate of drug-likeness (QED) is 0.312. The standard InChI is InChI=1S/C26H26N6O/c27-15-21-22(28)9-10-23-24(21)19-3-1-2-4-20(19)25(31-23)17-5-7-18(8-6-17)26(33)30-12-14-32-13-11-29-16-32/h5-11,13,15-16,27H,1-4,12,14,28H2,(H,30,33). The van der Waals surface area contributed by atoms with Crippen molar-refractivity contribution in [1.29, 1.82) is 5.41 Å². The summed E-state index contributed by atoms with van der Waals surface area (Å²) in [5, 5.41) is 11.8. The molecular formula is C26H26N6O. The van der Waals surface area contributed by atoms with Crippen molar-refractivity contribution >= 4 is 28.7 Å². The summed E-state index contributed by atoms with van der Waals surface area (Å²) in [6.45, 7) is 1.22. The molecular weight excluding hydrogens is 412 g/mol. The van der Waals surface area contributed by atoms with Crippen molar-refractivity contribution in [1.82, 2.24) is 19.9 Å². The average Bonchev–Trinajstić information content (AvgIpc) is 3.37. The van der Waals surface area contributed by atoms with Crippen molar-refractivity contribution in [2.75, 3.05) is 12.3 Å². The zero-order chi connectivity index (χ0) is 22.8. The molecule has 2 heterocycles. The van der Waals surface area contributed by atoms with Gasteiger partial charge in [-0.25, -0.2) is 9.97 Å². The number of anilines is 1. The maximum atomic E-state index is 12.5. The van der Waals surface area contributed by atoms with Crippen LogP contribution in [0.2, 0.25) is 0 Å². The van der Waals surface area contributed by atoms with Crippen molar-refractivity contribution in [3.63, 3.8) is 0 Å². The number of aromatic nitrogens is 3. The van der Waals surface area contributed by atoms with E-state index in [-0.39, 0.29) is 5.91 Å². The van der Waals surface area contributed by atoms with Gasteiger partial charge in [0.15, 0.2) is 0 Å². The van der Waals surface area contributed by atoms with E-state index in [0.717, 1.165) is 53.4 Å². The van der Waals surface area contributed by atoms with E-state index in [0.29, 0.717) is 24.3 Å². The van der Waals surface area contributed by atoms with E-state index in [9.17, 15) is 4.79 Å². The van der Waals surface area contributed by atoms with E-state index in [1.165, 1.54) is 17.3 Å². The minimum absolute atomic E-state index is 0.0961. The molecule has 7 heteroatoms. The molecule has 0 atom stereocenters. The summed E-state index contributed by atoms with van der Waals surface area (Å²) in [4.78, 5) is 21.5. The Balaban J connectivity index is 1.45. The molecule has 1 aliphatic rings. The molecule has 0 aliphatic heterocycles. The summed E-state index contributed by atoms with van der Waals surface area (Å²) in [7, 11) is 0. The number of hydrogen-bond donors (Lipinski definition) is 3. The third-order valence-corrected chi connectivity index (χ3v) is 6.32. The molecule has 33 heavy (non-hydrogen) atoms. The molecule has 4 N–H and O–H groups in total. The first-order valence-corrected chi connectivity index (χ1v) is 11.2. The van der Waals surface area contributed by atoms with E-state index in [2.05, 4.69) is 10.3 Å². The second-order valence-corrected chi connectivity index (χ2v) is 8.37. The van der Waals surface area contributed by atoms with Gasteiger partial charge in [-0.05, 0) is 61.1 Å². The van der Waals surface area contributed by atoms with Crippen LogP contribution in [-0.4, -0.2) is 33.2 Å². The number of carbonyl (C=O) groups is 1. The highest BCUT2D eigenvalue weighted by atomic mass is 16.1. The monoisotopic (exact) mass is 438 g/mol. The highest BCUT2D eigenvalue weighted by molar-refractivity contribution is 6.05. The maximum Gasteiger partial charge on any atom is 0.251 e. The van der Waals surface area contributed by atoms with E-state index < -0.39 is 0 Å². The topological polar surface area (TPSA) is 110 Å². The number of nitrogens with one attached hydrogen (secondary N) is 2. The Bertz CT molecular complexity index is 1330. The van der Waals surface area contributed by atoms with Crippen LogP contribution < -0.4 is 11.1 Å². The number of amides is 1. The van der Waals surface area contributed by atoms with Gasteiger partial charge < -0.3 is 21.0 Å². The van der Waals surface area contributed by atoms with Gasteiger partial charge in [-0.2, -0.15) is 0 Å². The lowest BCUT2D eigenvalue weighted by Crippen LogP contribution is -2.26. The number of rotatable bonds is 6. The molecule has 0 saturated carbocycles. The minimum atomic E-state index is -0.0961. The number of hydrogen-bond acceptors (Lipinski definition) is 5. The molecule has 0 unspecified atom stereocenters. The normalized spacial score (nSPS) is 13.0. The first kappa shape index (κ1) is 20.9. The molecule has 1 aliphatic carbocycles. The SMILES string of the molecule is N=Cc1c(N)ccc2nc(-c3ccc(C(=O)NCCn4ccnc4)cc3)c3c(c12)CCCC3. The van der Waals surface area contributed by atoms with Crippen molar-refractivity contribution in [2.45, 2.75) is 32.2 Å². The van der Waals surface area contributed by atoms with Gasteiger partial charge in [0.05, 0.1) is 17.5 Å². The number of nitrogen functional groups attached to an aromatic ring is 1. The number of imidazole rings is 1. The van der Waals surface area contributed by atoms with Crippen LogP contribution in [-0.2, 0) is 19.4 Å². The smallest absolute Gasteiger partial charge is 0.251 e. The van der Waals surface area contributed by atoms with Crippen molar-refractivity contribution in [2.24, 2.45) is 0 Å². The highest BCUT2D eigenvalue weighted by Crippen LogP contribution is 2.37. The van der Waals surface area contributed by atoms with E-state index in [1.807, 2.05) is 47.2 Å². The van der Waals surface area contributed by atoms with E-state index in [4.69, 9.17) is 16.1 Å². The fourth-order valence-corrected chi connectivity index (χ4v) is 4.66. The number of fused-ring (bicyclic) bond motifs is 3. The predicted octanol–water partition coefficient (Wildman–Crippen LogP) is 3.99. The molecule has 0 saturated heterocycles. The van der Waals surface area contributed by atoms with Crippen LogP contribution >= 0.6 is 0 Å². The van der Waals surface area contributed by atoms with Gasteiger partial charge in [0.25, 0.3) is 5.91 Å². The summed E-state index contributed by atoms with van der Waals surface area (Å²) in [6, 6.07) is 11.4. The fraction of sp³-hybridized carbons (Fsp3) is 0.231. The molecule has 2 aromatic carbocycles. The summed E-state index contributed by atoms with van der Waals surface area (Å²) < 4.78 is 1.93. The molecule has 5 rings (SSSR count). The fourth-order valence-electron chi connectivity index (χ4n) is 4.66. The molecule has 0 fully saturated rings. The van der Waals surface area contributed by atoms with Crippen LogP contribution in [0.5, 0.6) is 0 Å². The van der Waals surface area contributed by atoms with Crippen molar-refractivity contribution in [3.8, 4) is 11.3 Å². The molecule has 2 aromatic heterocycles. The lowest BCUT2D eigenvalue weighted by atomic mass is 9.85. The third-order valence-electron chi connectivity index (χ3n) is 6.32. The summed E-state index contributed by atoms with van der Waals surface area (Å²) in [5.41, 5.74) is 13.5. The van der Waals surface area contributed by atoms with Gasteiger partial charge in [0.1, 0.15) is 0 Å². The Morgan fingerprint density at radius 1 is 1.12 bits per heavy atom. The van der Waals surface area contributed by atoms with Crippen LogP contribution in [0, 0.1) is 5.41 Å². The number of nitrogens with two attached hydrogens (primary N) is 1. The average molecular weight is 439 g/mol. The Kier molecular flexibility index (Phi) is 5.60. The van der Waals surface area contributed by atoms with Gasteiger partial charge in [-0.1, -0.05) is 12.1 Å². The van der Waals surface area contributed by atoms with E-state index in [1.54, 1.807) is 12.5 Å². The zero-order valence-electron chi connectivity index (χ0n) is 18.3. The summed E-state index contributed by atoms with van der Waals surface area (Å²) >= 11 is 0. The van der Waals surface area contributed by atoms with Crippen molar-refractivity contribution < 1.29 is 4.79 Å². The highest BCUT2D eigenvalue weighted by Gasteiger charge is 2.21. The summed E-state index contributed by atoms with van der Waals surface area (Å²) in [6.07, 6.45) is 10.8. The lowest BCUT2D eigenvalue weighted by Gasteiger charge is -2.23. The van der Waals surface area contributed by atoms with Gasteiger partial charge in [-0.15, -0.1) is 0 Å². The number of benzene rings is 2. The first-order chi connectivity index (χ1) is 16.2. The second-order valence-electron chi connectivity index (χ2n) is 8.37. The maximum absolute atomic E-state index is 12.5. The summed E-state index contributed by atoms with van der Waals surface area (Å²) in [5.74, 6) is -0.0961. The van der Waals surface area contributed by atoms with Crippen LogP contribution in [0.3, 0.4) is 0 Å². The Morgan fingerprint density at radius 2 is 1.91 bits per heavy atom. The molecule has 4 aromatic rings. The third kappa shape index (κ3) is 3.98. The molecule has 1 amide bonds. The van der Waals surface area contributed by atoms with Crippen LogP contribution in [0.1, 0.15) is 39.9 Å². The predicted molar refractivity (Wildman–Crippen MR) is 131 cm³/mol. The van der Waals surface area contributed by atoms with E-state index >= 15 is 0 Å². The number of nitrogens with zero attached hydrogens (tertiary/aromatic N) is 3. The molecule has 0 spiro atoms.